The standard InChI is InChI=1S/C24H21N3O3S/c1-27(23(29)25-19-7-3-2-4-8-19)20-9-5-6-18(15-20)17-12-10-16(11-13-17)14-21-22(28)26-24(30)31-21/h2-13,15,21H,14H2,1H3,(H,25,29)(H,26,28,30). The van der Waals surface area contributed by atoms with Gasteiger partial charge in [0, 0.05) is 18.4 Å². The Labute approximate surface area is 184 Å². The molecule has 0 spiro atoms. The average Bonchev–Trinajstić information content (AvgIpc) is 3.11. The van der Waals surface area contributed by atoms with Crippen LogP contribution in [0, 0.1) is 0 Å². The maximum Gasteiger partial charge on any atom is 0.326 e. The molecule has 2 N–H and O–H groups in total. The average molecular weight is 432 g/mol. The van der Waals surface area contributed by atoms with Gasteiger partial charge in [-0.1, -0.05) is 66.4 Å². The summed E-state index contributed by atoms with van der Waals surface area (Å²) < 4.78 is 0. The molecule has 7 heteroatoms. The van der Waals surface area contributed by atoms with E-state index in [2.05, 4.69) is 10.6 Å². The van der Waals surface area contributed by atoms with E-state index in [1.165, 1.54) is 0 Å². The lowest BCUT2D eigenvalue weighted by Crippen LogP contribution is -2.31. The quantitative estimate of drug-likeness (QED) is 0.601. The summed E-state index contributed by atoms with van der Waals surface area (Å²) in [5.74, 6) is -0.233. The van der Waals surface area contributed by atoms with Gasteiger partial charge in [0.1, 0.15) is 0 Å². The number of benzene rings is 3. The van der Waals surface area contributed by atoms with Crippen molar-refractivity contribution in [3.8, 4) is 11.1 Å². The number of hydrogen-bond donors (Lipinski definition) is 2. The summed E-state index contributed by atoms with van der Waals surface area (Å²) in [4.78, 5) is 37.2. The van der Waals surface area contributed by atoms with E-state index in [0.717, 1.165) is 39.8 Å². The Kier molecular flexibility index (Phi) is 6.04. The van der Waals surface area contributed by atoms with Crippen LogP contribution in [0.4, 0.5) is 21.0 Å². The first kappa shape index (κ1) is 20.7. The molecule has 1 atom stereocenters. The molecule has 0 saturated carbocycles. The first-order valence-electron chi connectivity index (χ1n) is 9.80. The molecule has 6 nitrogen and oxygen atoms in total. The number of carbonyl (C=O) groups is 3. The number of amides is 4. The van der Waals surface area contributed by atoms with Crippen LogP contribution in [0.15, 0.2) is 78.9 Å². The number of anilines is 2. The number of carbonyl (C=O) groups excluding carboxylic acids is 3. The van der Waals surface area contributed by atoms with Crippen molar-refractivity contribution in [1.29, 1.82) is 0 Å². The number of thioether (sulfide) groups is 1. The fourth-order valence-electron chi connectivity index (χ4n) is 3.32. The van der Waals surface area contributed by atoms with Gasteiger partial charge in [-0.05, 0) is 47.4 Å². The van der Waals surface area contributed by atoms with Gasteiger partial charge in [-0.25, -0.2) is 4.79 Å². The van der Waals surface area contributed by atoms with Crippen LogP contribution in [0.1, 0.15) is 5.56 Å². The van der Waals surface area contributed by atoms with Crippen molar-refractivity contribution >= 4 is 40.3 Å². The zero-order valence-corrected chi connectivity index (χ0v) is 17.7. The normalized spacial score (nSPS) is 15.5. The molecule has 4 amide bonds. The number of hydrogen-bond acceptors (Lipinski definition) is 4. The second kappa shape index (κ2) is 9.06. The first-order chi connectivity index (χ1) is 15.0. The molecule has 1 aliphatic rings. The minimum atomic E-state index is -0.376. The van der Waals surface area contributed by atoms with E-state index in [9.17, 15) is 14.4 Å². The number of rotatable bonds is 5. The van der Waals surface area contributed by atoms with Crippen LogP contribution in [-0.4, -0.2) is 29.5 Å². The van der Waals surface area contributed by atoms with E-state index >= 15 is 0 Å². The van der Waals surface area contributed by atoms with E-state index in [-0.39, 0.29) is 22.4 Å². The SMILES string of the molecule is CN(C(=O)Nc1ccccc1)c1cccc(-c2ccc(CC3SC(=O)NC3=O)cc2)c1. The summed E-state index contributed by atoms with van der Waals surface area (Å²) in [6.07, 6.45) is 0.505. The van der Waals surface area contributed by atoms with Gasteiger partial charge in [-0.2, -0.15) is 0 Å². The molecule has 0 bridgehead atoms. The lowest BCUT2D eigenvalue weighted by molar-refractivity contribution is -0.118. The molecule has 1 heterocycles. The van der Waals surface area contributed by atoms with Gasteiger partial charge in [0.2, 0.25) is 5.91 Å². The third-order valence-corrected chi connectivity index (χ3v) is 6.02. The van der Waals surface area contributed by atoms with E-state index in [0.29, 0.717) is 6.42 Å². The summed E-state index contributed by atoms with van der Waals surface area (Å²) in [5.41, 5.74) is 4.48. The topological polar surface area (TPSA) is 78.5 Å². The predicted octanol–water partition coefficient (Wildman–Crippen LogP) is 4.92. The highest BCUT2D eigenvalue weighted by Gasteiger charge is 2.31. The molecule has 1 aliphatic heterocycles. The Balaban J connectivity index is 1.45. The maximum atomic E-state index is 12.6. The highest BCUT2D eigenvalue weighted by Crippen LogP contribution is 2.27. The summed E-state index contributed by atoms with van der Waals surface area (Å²) in [5, 5.41) is 4.52. The molecule has 0 aliphatic carbocycles. The van der Waals surface area contributed by atoms with Crippen LogP contribution in [-0.2, 0) is 11.2 Å². The molecule has 0 radical (unpaired) electrons. The summed E-state index contributed by atoms with van der Waals surface area (Å²) in [7, 11) is 1.73. The fraction of sp³-hybridized carbons (Fsp3) is 0.125. The highest BCUT2D eigenvalue weighted by molar-refractivity contribution is 8.15. The number of urea groups is 1. The van der Waals surface area contributed by atoms with Crippen molar-refractivity contribution in [2.24, 2.45) is 0 Å². The molecule has 156 valence electrons. The van der Waals surface area contributed by atoms with Crippen molar-refractivity contribution in [3.05, 3.63) is 84.4 Å². The van der Waals surface area contributed by atoms with Gasteiger partial charge in [0.05, 0.1) is 5.25 Å². The number of para-hydroxylation sites is 1. The number of imide groups is 1. The van der Waals surface area contributed by atoms with Gasteiger partial charge in [-0.3, -0.25) is 19.8 Å². The van der Waals surface area contributed by atoms with Gasteiger partial charge in [0.15, 0.2) is 0 Å². The lowest BCUT2D eigenvalue weighted by atomic mass is 10.0. The highest BCUT2D eigenvalue weighted by atomic mass is 32.2. The van der Waals surface area contributed by atoms with Crippen molar-refractivity contribution < 1.29 is 14.4 Å². The van der Waals surface area contributed by atoms with Crippen LogP contribution < -0.4 is 15.5 Å². The number of nitrogens with zero attached hydrogens (tertiary/aromatic N) is 1. The monoisotopic (exact) mass is 431 g/mol. The van der Waals surface area contributed by atoms with Crippen LogP contribution in [0.5, 0.6) is 0 Å². The predicted molar refractivity (Wildman–Crippen MR) is 124 cm³/mol. The molecule has 3 aromatic rings. The molecule has 4 rings (SSSR count). The summed E-state index contributed by atoms with van der Waals surface area (Å²) >= 11 is 1.03. The van der Waals surface area contributed by atoms with Crippen molar-refractivity contribution in [3.63, 3.8) is 0 Å². The summed E-state index contributed by atoms with van der Waals surface area (Å²) in [6, 6.07) is 24.7. The van der Waals surface area contributed by atoms with Crippen LogP contribution in [0.25, 0.3) is 11.1 Å². The zero-order chi connectivity index (χ0) is 21.8. The Morgan fingerprint density at radius 1 is 0.968 bits per heavy atom. The van der Waals surface area contributed by atoms with Gasteiger partial charge < -0.3 is 5.32 Å². The Hall–Kier alpha value is -3.58. The van der Waals surface area contributed by atoms with Crippen molar-refractivity contribution in [1.82, 2.24) is 5.32 Å². The van der Waals surface area contributed by atoms with Crippen LogP contribution >= 0.6 is 11.8 Å². The van der Waals surface area contributed by atoms with Crippen LogP contribution in [0.3, 0.4) is 0 Å². The zero-order valence-electron chi connectivity index (χ0n) is 16.9. The van der Waals surface area contributed by atoms with E-state index in [1.807, 2.05) is 78.9 Å². The number of nitrogens with one attached hydrogen (secondary N) is 2. The minimum absolute atomic E-state index is 0.222. The van der Waals surface area contributed by atoms with Gasteiger partial charge >= 0.3 is 6.03 Å². The van der Waals surface area contributed by atoms with Crippen molar-refractivity contribution in [2.45, 2.75) is 11.7 Å². The Morgan fingerprint density at radius 3 is 2.39 bits per heavy atom. The Morgan fingerprint density at radius 2 is 1.71 bits per heavy atom. The molecule has 1 unspecified atom stereocenters. The molecule has 31 heavy (non-hydrogen) atoms. The van der Waals surface area contributed by atoms with Gasteiger partial charge in [-0.15, -0.1) is 0 Å². The molecular formula is C24H21N3O3S. The van der Waals surface area contributed by atoms with E-state index in [1.54, 1.807) is 11.9 Å². The molecule has 1 saturated heterocycles. The van der Waals surface area contributed by atoms with E-state index in [4.69, 9.17) is 0 Å². The van der Waals surface area contributed by atoms with E-state index < -0.39 is 0 Å². The fourth-order valence-corrected chi connectivity index (χ4v) is 4.17. The summed E-state index contributed by atoms with van der Waals surface area (Å²) in [6.45, 7) is 0. The third kappa shape index (κ3) is 4.95. The first-order valence-corrected chi connectivity index (χ1v) is 10.7. The third-order valence-electron chi connectivity index (χ3n) is 5.04. The second-order valence-corrected chi connectivity index (χ2v) is 8.37. The molecule has 3 aromatic carbocycles. The lowest BCUT2D eigenvalue weighted by Gasteiger charge is -2.19. The second-order valence-electron chi connectivity index (χ2n) is 7.19. The smallest absolute Gasteiger partial charge is 0.308 e. The maximum absolute atomic E-state index is 12.6. The van der Waals surface area contributed by atoms with Gasteiger partial charge in [0.25, 0.3) is 5.24 Å². The van der Waals surface area contributed by atoms with Crippen LogP contribution in [0.2, 0.25) is 0 Å². The molecule has 0 aromatic heterocycles. The minimum Gasteiger partial charge on any atom is -0.308 e. The molecular weight excluding hydrogens is 410 g/mol. The van der Waals surface area contributed by atoms with Crippen molar-refractivity contribution in [2.75, 3.05) is 17.3 Å². The molecule has 1 fully saturated rings. The Bertz CT molecular complexity index is 1120. The largest absolute Gasteiger partial charge is 0.326 e.